The molecule has 3 rings (SSSR count). The van der Waals surface area contributed by atoms with Crippen molar-refractivity contribution in [2.75, 3.05) is 26.2 Å². The first-order chi connectivity index (χ1) is 13.5. The second-order valence-corrected chi connectivity index (χ2v) is 6.69. The van der Waals surface area contributed by atoms with Crippen molar-refractivity contribution in [2.24, 2.45) is 0 Å². The molecule has 1 aliphatic rings. The van der Waals surface area contributed by atoms with Gasteiger partial charge in [0.2, 0.25) is 0 Å². The van der Waals surface area contributed by atoms with Gasteiger partial charge in [0.25, 0.3) is 11.5 Å². The number of nitrogens with zero attached hydrogens (tertiary/aromatic N) is 5. The fourth-order valence-electron chi connectivity index (χ4n) is 3.29. The van der Waals surface area contributed by atoms with Crippen molar-refractivity contribution < 1.29 is 9.18 Å². The molecule has 0 spiro atoms. The minimum atomic E-state index is -0.484. The van der Waals surface area contributed by atoms with Gasteiger partial charge in [0.15, 0.2) is 0 Å². The smallest absolute Gasteiger partial charge is 0.274 e. The number of halogens is 1. The zero-order chi connectivity index (χ0) is 20.1. The summed E-state index contributed by atoms with van der Waals surface area (Å²) in [5, 5.41) is 13.7. The summed E-state index contributed by atoms with van der Waals surface area (Å²) >= 11 is 0. The van der Waals surface area contributed by atoms with E-state index in [9.17, 15) is 19.2 Å². The number of rotatable bonds is 5. The van der Waals surface area contributed by atoms with Crippen LogP contribution in [0.15, 0.2) is 41.2 Å². The average Bonchev–Trinajstić information content (AvgIpc) is 2.72. The van der Waals surface area contributed by atoms with E-state index in [-0.39, 0.29) is 23.0 Å². The van der Waals surface area contributed by atoms with Crippen molar-refractivity contribution >= 4 is 5.91 Å². The lowest BCUT2D eigenvalue weighted by Crippen LogP contribution is -2.49. The van der Waals surface area contributed by atoms with E-state index in [0.717, 1.165) is 12.0 Å². The van der Waals surface area contributed by atoms with Gasteiger partial charge in [-0.2, -0.15) is 10.4 Å². The van der Waals surface area contributed by atoms with E-state index >= 15 is 0 Å². The van der Waals surface area contributed by atoms with Crippen LogP contribution >= 0.6 is 0 Å². The number of carbonyl (C=O) groups is 1. The Bertz CT molecular complexity index is 927. The monoisotopic (exact) mass is 383 g/mol. The normalized spacial score (nSPS) is 15.8. The Morgan fingerprint density at radius 3 is 2.46 bits per heavy atom. The van der Waals surface area contributed by atoms with Crippen LogP contribution in [0.25, 0.3) is 0 Å². The van der Waals surface area contributed by atoms with E-state index in [1.165, 1.54) is 28.9 Å². The number of carbonyl (C=O) groups excluding carboxylic acids is 1. The molecule has 8 heteroatoms. The molecule has 0 N–H and O–H groups in total. The van der Waals surface area contributed by atoms with Crippen molar-refractivity contribution in [3.8, 4) is 6.07 Å². The van der Waals surface area contributed by atoms with Crippen LogP contribution in [-0.2, 0) is 6.54 Å². The SMILES string of the molecule is CCCn1nc(C(=O)N2CCN(C(C#N)c3ccc(F)cc3)CC2)ccc1=O. The molecule has 1 aliphatic heterocycles. The largest absolute Gasteiger partial charge is 0.335 e. The quantitative estimate of drug-likeness (QED) is 0.787. The molecule has 0 aliphatic carbocycles. The maximum atomic E-state index is 13.1. The number of aromatic nitrogens is 2. The summed E-state index contributed by atoms with van der Waals surface area (Å²) in [6, 6.07) is 10.5. The van der Waals surface area contributed by atoms with Crippen molar-refractivity contribution in [1.82, 2.24) is 19.6 Å². The van der Waals surface area contributed by atoms with Crippen LogP contribution in [0.4, 0.5) is 4.39 Å². The third-order valence-electron chi connectivity index (χ3n) is 4.80. The van der Waals surface area contributed by atoms with Gasteiger partial charge in [0.05, 0.1) is 6.07 Å². The average molecular weight is 383 g/mol. The van der Waals surface area contributed by atoms with Gasteiger partial charge in [0.1, 0.15) is 17.6 Å². The number of amides is 1. The predicted octanol–water partition coefficient (Wildman–Crippen LogP) is 1.82. The molecular weight excluding hydrogens is 361 g/mol. The first kappa shape index (κ1) is 19.7. The summed E-state index contributed by atoms with van der Waals surface area (Å²) in [5.41, 5.74) is 0.758. The van der Waals surface area contributed by atoms with Crippen molar-refractivity contribution in [2.45, 2.75) is 25.9 Å². The van der Waals surface area contributed by atoms with Gasteiger partial charge in [-0.05, 0) is 30.2 Å². The van der Waals surface area contributed by atoms with Crippen LogP contribution in [-0.4, -0.2) is 51.7 Å². The fraction of sp³-hybridized carbons (Fsp3) is 0.400. The molecule has 2 aromatic rings. The number of piperazine rings is 1. The Kier molecular flexibility index (Phi) is 6.16. The van der Waals surface area contributed by atoms with E-state index < -0.39 is 6.04 Å². The molecule has 28 heavy (non-hydrogen) atoms. The van der Waals surface area contributed by atoms with E-state index in [0.29, 0.717) is 32.7 Å². The van der Waals surface area contributed by atoms with Gasteiger partial charge in [-0.15, -0.1) is 0 Å². The van der Waals surface area contributed by atoms with Gasteiger partial charge < -0.3 is 4.90 Å². The lowest BCUT2D eigenvalue weighted by Gasteiger charge is -2.36. The standard InChI is InChI=1S/C20H22FN5O2/c1-2-9-26-19(27)8-7-17(23-26)20(28)25-12-10-24(11-13-25)18(14-22)15-3-5-16(21)6-4-15/h3-8,18H,2,9-13H2,1H3. The molecule has 146 valence electrons. The van der Waals surface area contributed by atoms with E-state index in [1.54, 1.807) is 17.0 Å². The molecule has 1 fully saturated rings. The molecule has 1 amide bonds. The molecule has 0 bridgehead atoms. The predicted molar refractivity (Wildman–Crippen MR) is 101 cm³/mol. The Morgan fingerprint density at radius 1 is 1.18 bits per heavy atom. The van der Waals surface area contributed by atoms with Gasteiger partial charge in [-0.3, -0.25) is 14.5 Å². The Labute approximate surface area is 162 Å². The van der Waals surface area contributed by atoms with Crippen LogP contribution in [0, 0.1) is 17.1 Å². The maximum absolute atomic E-state index is 13.1. The molecule has 1 atom stereocenters. The first-order valence-corrected chi connectivity index (χ1v) is 9.30. The highest BCUT2D eigenvalue weighted by Gasteiger charge is 2.28. The Hall–Kier alpha value is -3.05. The van der Waals surface area contributed by atoms with Crippen LogP contribution in [0.2, 0.25) is 0 Å². The highest BCUT2D eigenvalue weighted by atomic mass is 19.1. The van der Waals surface area contributed by atoms with Crippen molar-refractivity contribution in [3.63, 3.8) is 0 Å². The van der Waals surface area contributed by atoms with Gasteiger partial charge >= 0.3 is 0 Å². The molecule has 2 heterocycles. The first-order valence-electron chi connectivity index (χ1n) is 9.30. The third-order valence-corrected chi connectivity index (χ3v) is 4.80. The maximum Gasteiger partial charge on any atom is 0.274 e. The van der Waals surface area contributed by atoms with Gasteiger partial charge in [-0.1, -0.05) is 19.1 Å². The lowest BCUT2D eigenvalue weighted by molar-refractivity contribution is 0.0598. The van der Waals surface area contributed by atoms with Crippen LogP contribution in [0.3, 0.4) is 0 Å². The van der Waals surface area contributed by atoms with Crippen molar-refractivity contribution in [1.29, 1.82) is 5.26 Å². The number of benzene rings is 1. The number of aryl methyl sites for hydroxylation is 1. The second kappa shape index (κ2) is 8.76. The summed E-state index contributed by atoms with van der Waals surface area (Å²) in [5.74, 6) is -0.562. The minimum Gasteiger partial charge on any atom is -0.335 e. The molecule has 7 nitrogen and oxygen atoms in total. The van der Waals surface area contributed by atoms with E-state index in [1.807, 2.05) is 11.8 Å². The fourth-order valence-corrected chi connectivity index (χ4v) is 3.29. The topological polar surface area (TPSA) is 82.2 Å². The number of hydrogen-bond donors (Lipinski definition) is 0. The zero-order valence-electron chi connectivity index (χ0n) is 15.7. The lowest BCUT2D eigenvalue weighted by atomic mass is 10.1. The summed E-state index contributed by atoms with van der Waals surface area (Å²) in [7, 11) is 0. The summed E-state index contributed by atoms with van der Waals surface area (Å²) in [4.78, 5) is 28.2. The molecule has 0 radical (unpaired) electrons. The second-order valence-electron chi connectivity index (χ2n) is 6.69. The highest BCUT2D eigenvalue weighted by Crippen LogP contribution is 2.22. The third kappa shape index (κ3) is 4.26. The summed E-state index contributed by atoms with van der Waals surface area (Å²) in [6.07, 6.45) is 0.752. The van der Waals surface area contributed by atoms with Gasteiger partial charge in [-0.25, -0.2) is 9.07 Å². The highest BCUT2D eigenvalue weighted by molar-refractivity contribution is 5.92. The molecular formula is C20H22FN5O2. The molecule has 1 aromatic heterocycles. The van der Waals surface area contributed by atoms with E-state index in [2.05, 4.69) is 11.2 Å². The Balaban J connectivity index is 1.67. The Morgan fingerprint density at radius 2 is 1.86 bits per heavy atom. The molecule has 0 saturated carbocycles. The molecule has 1 unspecified atom stereocenters. The minimum absolute atomic E-state index is 0.222. The van der Waals surface area contributed by atoms with Crippen LogP contribution in [0.5, 0.6) is 0 Å². The van der Waals surface area contributed by atoms with Crippen molar-refractivity contribution in [3.05, 3.63) is 63.8 Å². The summed E-state index contributed by atoms with van der Waals surface area (Å²) < 4.78 is 14.4. The molecule has 1 saturated heterocycles. The van der Waals surface area contributed by atoms with Crippen LogP contribution in [0.1, 0.15) is 35.4 Å². The molecule has 1 aromatic carbocycles. The van der Waals surface area contributed by atoms with E-state index in [4.69, 9.17) is 0 Å². The zero-order valence-corrected chi connectivity index (χ0v) is 15.7. The number of hydrogen-bond acceptors (Lipinski definition) is 5. The van der Waals surface area contributed by atoms with Gasteiger partial charge in [0, 0.05) is 38.8 Å². The van der Waals surface area contributed by atoms with Crippen LogP contribution < -0.4 is 5.56 Å². The number of nitriles is 1. The summed E-state index contributed by atoms with van der Waals surface area (Å²) in [6.45, 7) is 4.36.